The van der Waals surface area contributed by atoms with Crippen molar-refractivity contribution in [2.45, 2.75) is 25.7 Å². The number of esters is 2. The summed E-state index contributed by atoms with van der Waals surface area (Å²) in [5.74, 6) is -0.116. The molecule has 1 N–H and O–H groups in total. The predicted molar refractivity (Wildman–Crippen MR) is 86.7 cm³/mol. The van der Waals surface area contributed by atoms with E-state index in [1.807, 2.05) is 0 Å². The second kappa shape index (κ2) is 6.63. The molecule has 1 amide bonds. The van der Waals surface area contributed by atoms with Crippen LogP contribution in [0.1, 0.15) is 46.4 Å². The third kappa shape index (κ3) is 3.00. The van der Waals surface area contributed by atoms with Crippen molar-refractivity contribution in [3.05, 3.63) is 29.3 Å². The van der Waals surface area contributed by atoms with Crippen LogP contribution in [0.4, 0.5) is 5.69 Å². The Morgan fingerprint density at radius 1 is 1.04 bits per heavy atom. The van der Waals surface area contributed by atoms with E-state index in [0.717, 1.165) is 19.3 Å². The highest BCUT2D eigenvalue weighted by atomic mass is 16.5. The van der Waals surface area contributed by atoms with Crippen LogP contribution in [-0.4, -0.2) is 32.1 Å². The van der Waals surface area contributed by atoms with Crippen LogP contribution in [0.15, 0.2) is 18.2 Å². The van der Waals surface area contributed by atoms with Crippen molar-refractivity contribution >= 4 is 23.5 Å². The number of amides is 1. The number of ether oxygens (including phenoxy) is 2. The van der Waals surface area contributed by atoms with E-state index in [2.05, 4.69) is 5.32 Å². The molecule has 2 saturated carbocycles. The average Bonchev–Trinajstić information content (AvgIpc) is 3.23. The molecule has 3 atom stereocenters. The molecule has 0 saturated heterocycles. The van der Waals surface area contributed by atoms with Crippen LogP contribution < -0.4 is 5.32 Å². The maximum atomic E-state index is 12.6. The summed E-state index contributed by atoms with van der Waals surface area (Å²) in [6.45, 7) is 0. The van der Waals surface area contributed by atoms with Gasteiger partial charge in [-0.05, 0) is 49.3 Å². The molecule has 2 fully saturated rings. The van der Waals surface area contributed by atoms with Crippen molar-refractivity contribution in [3.8, 4) is 0 Å². The molecule has 1 aromatic carbocycles. The third-order valence-electron chi connectivity index (χ3n) is 5.18. The quantitative estimate of drug-likeness (QED) is 0.858. The van der Waals surface area contributed by atoms with E-state index in [0.29, 0.717) is 11.8 Å². The van der Waals surface area contributed by atoms with Gasteiger partial charge < -0.3 is 14.8 Å². The Labute approximate surface area is 140 Å². The summed E-state index contributed by atoms with van der Waals surface area (Å²) in [6, 6.07) is 4.41. The minimum atomic E-state index is -0.561. The van der Waals surface area contributed by atoms with Crippen molar-refractivity contribution in [1.82, 2.24) is 0 Å². The van der Waals surface area contributed by atoms with Gasteiger partial charge in [0.15, 0.2) is 0 Å². The van der Waals surface area contributed by atoms with Crippen LogP contribution in [0.2, 0.25) is 0 Å². The minimum Gasteiger partial charge on any atom is -0.465 e. The highest BCUT2D eigenvalue weighted by Gasteiger charge is 2.43. The van der Waals surface area contributed by atoms with Crippen LogP contribution in [0.5, 0.6) is 0 Å². The fourth-order valence-electron chi connectivity index (χ4n) is 3.97. The molecule has 2 aliphatic carbocycles. The monoisotopic (exact) mass is 331 g/mol. The van der Waals surface area contributed by atoms with Crippen LogP contribution in [0.3, 0.4) is 0 Å². The molecule has 0 unspecified atom stereocenters. The molecular formula is C18H21NO5. The zero-order valence-electron chi connectivity index (χ0n) is 13.8. The SMILES string of the molecule is COC(=O)c1ccc(C(=O)OC)c(NC(=O)[C@H]2C[C@H]3CC[C@@H]2C3)c1. The Bertz CT molecular complexity index is 684. The maximum absolute atomic E-state index is 12.6. The van der Waals surface area contributed by atoms with Gasteiger partial charge in [0, 0.05) is 5.92 Å². The number of rotatable bonds is 4. The van der Waals surface area contributed by atoms with Crippen molar-refractivity contribution in [3.63, 3.8) is 0 Å². The minimum absolute atomic E-state index is 0.0176. The lowest BCUT2D eigenvalue weighted by molar-refractivity contribution is -0.121. The van der Waals surface area contributed by atoms with E-state index < -0.39 is 11.9 Å². The summed E-state index contributed by atoms with van der Waals surface area (Å²) in [4.78, 5) is 36.3. The molecule has 6 heteroatoms. The molecule has 0 spiro atoms. The number of anilines is 1. The van der Waals surface area contributed by atoms with E-state index in [-0.39, 0.29) is 28.6 Å². The molecule has 1 aromatic rings. The Hall–Kier alpha value is -2.37. The first-order valence-corrected chi connectivity index (χ1v) is 8.15. The van der Waals surface area contributed by atoms with Gasteiger partial charge in [-0.25, -0.2) is 9.59 Å². The van der Waals surface area contributed by atoms with Crippen molar-refractivity contribution in [2.75, 3.05) is 19.5 Å². The van der Waals surface area contributed by atoms with Gasteiger partial charge in [0.2, 0.25) is 5.91 Å². The molecule has 0 aliphatic heterocycles. The lowest BCUT2D eigenvalue weighted by Crippen LogP contribution is -2.28. The number of methoxy groups -OCH3 is 2. The Morgan fingerprint density at radius 2 is 1.79 bits per heavy atom. The van der Waals surface area contributed by atoms with Crippen LogP contribution in [-0.2, 0) is 14.3 Å². The maximum Gasteiger partial charge on any atom is 0.339 e. The number of fused-ring (bicyclic) bond motifs is 2. The summed E-state index contributed by atoms with van der Waals surface area (Å²) in [7, 11) is 2.56. The number of carbonyl (C=O) groups is 3. The largest absolute Gasteiger partial charge is 0.465 e. The Kier molecular flexibility index (Phi) is 4.55. The summed E-state index contributed by atoms with van der Waals surface area (Å²) >= 11 is 0. The molecule has 2 aliphatic rings. The number of nitrogens with one attached hydrogen (secondary N) is 1. The highest BCUT2D eigenvalue weighted by Crippen LogP contribution is 2.48. The molecule has 128 valence electrons. The van der Waals surface area contributed by atoms with E-state index >= 15 is 0 Å². The summed E-state index contributed by atoms with van der Waals surface area (Å²) in [5.41, 5.74) is 0.785. The zero-order valence-corrected chi connectivity index (χ0v) is 13.8. The summed E-state index contributed by atoms with van der Waals surface area (Å²) < 4.78 is 9.45. The van der Waals surface area contributed by atoms with Gasteiger partial charge in [-0.1, -0.05) is 6.42 Å². The van der Waals surface area contributed by atoms with Crippen molar-refractivity contribution in [2.24, 2.45) is 17.8 Å². The summed E-state index contributed by atoms with van der Waals surface area (Å²) in [6.07, 6.45) is 4.32. The fraction of sp³-hybridized carbons (Fsp3) is 0.500. The fourth-order valence-corrected chi connectivity index (χ4v) is 3.97. The van der Waals surface area contributed by atoms with Gasteiger partial charge in [0.25, 0.3) is 0 Å². The smallest absolute Gasteiger partial charge is 0.339 e. The Balaban J connectivity index is 1.85. The number of carbonyl (C=O) groups excluding carboxylic acids is 3. The van der Waals surface area contributed by atoms with Gasteiger partial charge >= 0.3 is 11.9 Å². The topological polar surface area (TPSA) is 81.7 Å². The first-order valence-electron chi connectivity index (χ1n) is 8.15. The molecular weight excluding hydrogens is 310 g/mol. The lowest BCUT2D eigenvalue weighted by Gasteiger charge is -2.21. The number of benzene rings is 1. The molecule has 24 heavy (non-hydrogen) atoms. The summed E-state index contributed by atoms with van der Waals surface area (Å²) in [5, 5.41) is 2.82. The number of hydrogen-bond acceptors (Lipinski definition) is 5. The van der Waals surface area contributed by atoms with Gasteiger partial charge in [0.1, 0.15) is 0 Å². The van der Waals surface area contributed by atoms with E-state index in [4.69, 9.17) is 9.47 Å². The molecule has 2 bridgehead atoms. The predicted octanol–water partition coefficient (Wildman–Crippen LogP) is 2.63. The van der Waals surface area contributed by atoms with E-state index in [9.17, 15) is 14.4 Å². The normalized spacial score (nSPS) is 24.5. The molecule has 0 heterocycles. The highest BCUT2D eigenvalue weighted by molar-refractivity contribution is 6.04. The zero-order chi connectivity index (χ0) is 17.3. The van der Waals surface area contributed by atoms with Crippen LogP contribution >= 0.6 is 0 Å². The second-order valence-corrected chi connectivity index (χ2v) is 6.51. The molecule has 3 rings (SSSR count). The van der Waals surface area contributed by atoms with Gasteiger partial charge in [-0.2, -0.15) is 0 Å². The van der Waals surface area contributed by atoms with Crippen LogP contribution in [0.25, 0.3) is 0 Å². The van der Waals surface area contributed by atoms with Crippen LogP contribution in [0, 0.1) is 17.8 Å². The van der Waals surface area contributed by atoms with Crippen molar-refractivity contribution < 1.29 is 23.9 Å². The standard InChI is InChI=1S/C18H21NO5/c1-23-17(21)12-5-6-13(18(22)24-2)15(9-12)19-16(20)14-8-10-3-4-11(14)7-10/h5-6,9-11,14H,3-4,7-8H2,1-2H3,(H,19,20)/t10-,11+,14-/m0/s1. The van der Waals surface area contributed by atoms with Crippen molar-refractivity contribution in [1.29, 1.82) is 0 Å². The van der Waals surface area contributed by atoms with Gasteiger partial charge in [-0.3, -0.25) is 4.79 Å². The first kappa shape index (κ1) is 16.5. The third-order valence-corrected chi connectivity index (χ3v) is 5.18. The Morgan fingerprint density at radius 3 is 2.38 bits per heavy atom. The second-order valence-electron chi connectivity index (χ2n) is 6.51. The number of hydrogen-bond donors (Lipinski definition) is 1. The average molecular weight is 331 g/mol. The first-order chi connectivity index (χ1) is 11.5. The molecule has 0 aromatic heterocycles. The lowest BCUT2D eigenvalue weighted by atomic mass is 9.88. The van der Waals surface area contributed by atoms with Gasteiger partial charge in [0.05, 0.1) is 31.0 Å². The van der Waals surface area contributed by atoms with Gasteiger partial charge in [-0.15, -0.1) is 0 Å². The molecule has 0 radical (unpaired) electrons. The van der Waals surface area contributed by atoms with E-state index in [1.54, 1.807) is 0 Å². The van der Waals surface area contributed by atoms with E-state index in [1.165, 1.54) is 38.8 Å². The molecule has 6 nitrogen and oxygen atoms in total.